The van der Waals surface area contributed by atoms with Crippen LogP contribution < -0.4 is 10.2 Å². The highest BCUT2D eigenvalue weighted by Gasteiger charge is 2.35. The quantitative estimate of drug-likeness (QED) is 0.837. The van der Waals surface area contributed by atoms with Crippen LogP contribution in [0.15, 0.2) is 53.4 Å². The Morgan fingerprint density at radius 1 is 1.25 bits per heavy atom. The van der Waals surface area contributed by atoms with Crippen LogP contribution in [0.2, 0.25) is 5.02 Å². The molecule has 2 amide bonds. The van der Waals surface area contributed by atoms with Gasteiger partial charge in [-0.1, -0.05) is 23.7 Å². The molecule has 1 aliphatic heterocycles. The van der Waals surface area contributed by atoms with E-state index in [0.29, 0.717) is 11.6 Å². The van der Waals surface area contributed by atoms with E-state index in [1.54, 1.807) is 34.9 Å². The van der Waals surface area contributed by atoms with Crippen molar-refractivity contribution in [2.24, 2.45) is 5.92 Å². The van der Waals surface area contributed by atoms with Gasteiger partial charge in [-0.25, -0.2) is 0 Å². The molecular formula is C18H17ClN2O2S. The van der Waals surface area contributed by atoms with Crippen molar-refractivity contribution in [2.45, 2.75) is 11.3 Å². The van der Waals surface area contributed by atoms with Gasteiger partial charge in [-0.2, -0.15) is 0 Å². The standard InChI is InChI=1S/C18H17ClN2O2S/c1-24-16-7-3-5-14(10-16)20-18(23)12-8-17(22)21(11-12)15-6-2-4-13(19)9-15/h2-7,9-10,12H,8,11H2,1H3,(H,20,23). The fraction of sp³-hybridized carbons (Fsp3) is 0.222. The van der Waals surface area contributed by atoms with Gasteiger partial charge in [0.25, 0.3) is 0 Å². The number of halogens is 1. The Hall–Kier alpha value is -1.98. The van der Waals surface area contributed by atoms with Crippen LogP contribution in [-0.4, -0.2) is 24.6 Å². The van der Waals surface area contributed by atoms with Crippen molar-refractivity contribution in [3.05, 3.63) is 53.6 Å². The van der Waals surface area contributed by atoms with Crippen LogP contribution in [0, 0.1) is 5.92 Å². The zero-order valence-electron chi connectivity index (χ0n) is 13.2. The van der Waals surface area contributed by atoms with Crippen molar-refractivity contribution >= 4 is 46.6 Å². The number of nitrogens with one attached hydrogen (secondary N) is 1. The van der Waals surface area contributed by atoms with Gasteiger partial charge in [-0.15, -0.1) is 11.8 Å². The second-order valence-electron chi connectivity index (χ2n) is 5.61. The molecule has 1 aliphatic rings. The topological polar surface area (TPSA) is 49.4 Å². The summed E-state index contributed by atoms with van der Waals surface area (Å²) in [5.41, 5.74) is 1.48. The van der Waals surface area contributed by atoms with Crippen molar-refractivity contribution in [1.82, 2.24) is 0 Å². The molecule has 4 nitrogen and oxygen atoms in total. The number of carbonyl (C=O) groups excluding carboxylic acids is 2. The van der Waals surface area contributed by atoms with Gasteiger partial charge in [0.1, 0.15) is 0 Å². The molecule has 24 heavy (non-hydrogen) atoms. The van der Waals surface area contributed by atoms with Crippen LogP contribution in [0.4, 0.5) is 11.4 Å². The molecule has 1 N–H and O–H groups in total. The van der Waals surface area contributed by atoms with Gasteiger partial charge in [0.15, 0.2) is 0 Å². The van der Waals surface area contributed by atoms with Crippen LogP contribution in [0.1, 0.15) is 6.42 Å². The maximum absolute atomic E-state index is 12.5. The first-order chi connectivity index (χ1) is 11.6. The van der Waals surface area contributed by atoms with Crippen LogP contribution >= 0.6 is 23.4 Å². The van der Waals surface area contributed by atoms with E-state index in [9.17, 15) is 9.59 Å². The molecule has 0 radical (unpaired) electrons. The summed E-state index contributed by atoms with van der Waals surface area (Å²) >= 11 is 7.60. The molecule has 0 saturated carbocycles. The number of hydrogen-bond donors (Lipinski definition) is 1. The lowest BCUT2D eigenvalue weighted by molar-refractivity contribution is -0.122. The molecule has 0 bridgehead atoms. The maximum Gasteiger partial charge on any atom is 0.229 e. The van der Waals surface area contributed by atoms with Crippen LogP contribution in [0.25, 0.3) is 0 Å². The number of nitrogens with zero attached hydrogens (tertiary/aromatic N) is 1. The number of hydrogen-bond acceptors (Lipinski definition) is 3. The van der Waals surface area contributed by atoms with Crippen LogP contribution in [0.3, 0.4) is 0 Å². The Balaban J connectivity index is 1.69. The monoisotopic (exact) mass is 360 g/mol. The highest BCUT2D eigenvalue weighted by atomic mass is 35.5. The molecule has 0 spiro atoms. The lowest BCUT2D eigenvalue weighted by Gasteiger charge is -2.17. The molecule has 6 heteroatoms. The van der Waals surface area contributed by atoms with E-state index in [1.807, 2.05) is 36.6 Å². The van der Waals surface area contributed by atoms with Crippen LogP contribution in [-0.2, 0) is 9.59 Å². The lowest BCUT2D eigenvalue weighted by Crippen LogP contribution is -2.28. The third-order valence-corrected chi connectivity index (χ3v) is 4.91. The van der Waals surface area contributed by atoms with E-state index in [-0.39, 0.29) is 24.2 Å². The Bertz CT molecular complexity index is 781. The van der Waals surface area contributed by atoms with Gasteiger partial charge in [0, 0.05) is 34.3 Å². The summed E-state index contributed by atoms with van der Waals surface area (Å²) in [6, 6.07) is 14.8. The zero-order valence-corrected chi connectivity index (χ0v) is 14.7. The summed E-state index contributed by atoms with van der Waals surface area (Å²) in [4.78, 5) is 27.4. The third-order valence-electron chi connectivity index (χ3n) is 3.95. The summed E-state index contributed by atoms with van der Waals surface area (Å²) in [5.74, 6) is -0.559. The molecular weight excluding hydrogens is 344 g/mol. The van der Waals surface area contributed by atoms with Gasteiger partial charge in [0.05, 0.1) is 5.92 Å². The Morgan fingerprint density at radius 2 is 2.04 bits per heavy atom. The number of thioether (sulfide) groups is 1. The minimum absolute atomic E-state index is 0.0599. The summed E-state index contributed by atoms with van der Waals surface area (Å²) in [6.45, 7) is 0.368. The minimum Gasteiger partial charge on any atom is -0.326 e. The molecule has 2 aromatic carbocycles. The molecule has 2 aromatic rings. The Morgan fingerprint density at radius 3 is 2.79 bits per heavy atom. The highest BCUT2D eigenvalue weighted by molar-refractivity contribution is 7.98. The van der Waals surface area contributed by atoms with E-state index >= 15 is 0 Å². The number of amides is 2. The fourth-order valence-electron chi connectivity index (χ4n) is 2.72. The van der Waals surface area contributed by atoms with E-state index < -0.39 is 0 Å². The van der Waals surface area contributed by atoms with Crippen molar-refractivity contribution < 1.29 is 9.59 Å². The lowest BCUT2D eigenvalue weighted by atomic mass is 10.1. The van der Waals surface area contributed by atoms with E-state index in [1.165, 1.54) is 0 Å². The zero-order chi connectivity index (χ0) is 17.1. The second-order valence-corrected chi connectivity index (χ2v) is 6.92. The van der Waals surface area contributed by atoms with E-state index in [0.717, 1.165) is 16.3 Å². The van der Waals surface area contributed by atoms with Gasteiger partial charge < -0.3 is 10.2 Å². The second kappa shape index (κ2) is 7.28. The fourth-order valence-corrected chi connectivity index (χ4v) is 3.37. The SMILES string of the molecule is CSc1cccc(NC(=O)C2CC(=O)N(c3cccc(Cl)c3)C2)c1. The first-order valence-corrected chi connectivity index (χ1v) is 9.18. The summed E-state index contributed by atoms with van der Waals surface area (Å²) in [6.07, 6.45) is 2.19. The molecule has 1 atom stereocenters. The minimum atomic E-state index is -0.366. The van der Waals surface area contributed by atoms with E-state index in [2.05, 4.69) is 5.32 Å². The summed E-state index contributed by atoms with van der Waals surface area (Å²) < 4.78 is 0. The summed E-state index contributed by atoms with van der Waals surface area (Å²) in [5, 5.41) is 3.48. The predicted molar refractivity (Wildman–Crippen MR) is 98.8 cm³/mol. The predicted octanol–water partition coefficient (Wildman–Crippen LogP) is 4.05. The average molecular weight is 361 g/mol. The molecule has 1 heterocycles. The largest absolute Gasteiger partial charge is 0.326 e. The van der Waals surface area contributed by atoms with Crippen molar-refractivity contribution in [2.75, 3.05) is 23.0 Å². The van der Waals surface area contributed by atoms with Crippen molar-refractivity contribution in [3.63, 3.8) is 0 Å². The number of carbonyl (C=O) groups is 2. The number of rotatable bonds is 4. The molecule has 1 unspecified atom stereocenters. The highest BCUT2D eigenvalue weighted by Crippen LogP contribution is 2.28. The normalized spacial score (nSPS) is 17.2. The van der Waals surface area contributed by atoms with Crippen LogP contribution in [0.5, 0.6) is 0 Å². The Kier molecular flexibility index (Phi) is 5.11. The van der Waals surface area contributed by atoms with Gasteiger partial charge in [-0.3, -0.25) is 9.59 Å². The third kappa shape index (κ3) is 3.74. The molecule has 0 aliphatic carbocycles. The number of benzene rings is 2. The van der Waals surface area contributed by atoms with Crippen molar-refractivity contribution in [3.8, 4) is 0 Å². The van der Waals surface area contributed by atoms with E-state index in [4.69, 9.17) is 11.6 Å². The molecule has 1 saturated heterocycles. The van der Waals surface area contributed by atoms with Crippen molar-refractivity contribution in [1.29, 1.82) is 0 Å². The first-order valence-electron chi connectivity index (χ1n) is 7.57. The maximum atomic E-state index is 12.5. The number of anilines is 2. The smallest absolute Gasteiger partial charge is 0.229 e. The summed E-state index contributed by atoms with van der Waals surface area (Å²) in [7, 11) is 0. The van der Waals surface area contributed by atoms with Gasteiger partial charge >= 0.3 is 0 Å². The molecule has 124 valence electrons. The Labute approximate surface area is 150 Å². The molecule has 3 rings (SSSR count). The molecule has 1 fully saturated rings. The molecule has 0 aromatic heterocycles. The van der Waals surface area contributed by atoms with Gasteiger partial charge in [-0.05, 0) is 42.7 Å². The van der Waals surface area contributed by atoms with Gasteiger partial charge in [0.2, 0.25) is 11.8 Å². The first kappa shape index (κ1) is 16.9. The average Bonchev–Trinajstić information content (AvgIpc) is 2.97.